The molecule has 0 radical (unpaired) electrons. The minimum absolute atomic E-state index is 0.0222. The normalized spacial score (nSPS) is 13.3. The number of benzene rings is 2. The third-order valence-corrected chi connectivity index (χ3v) is 4.56. The quantitative estimate of drug-likeness (QED) is 0.589. The highest BCUT2D eigenvalue weighted by Gasteiger charge is 2.24. The number of fused-ring (bicyclic) bond motifs is 1. The van der Waals surface area contributed by atoms with Crippen molar-refractivity contribution in [2.24, 2.45) is 0 Å². The maximum atomic E-state index is 12.6. The SMILES string of the molecule is N#Cc1cc(-c2nc(-c3ccc4c(c3)CCC(=O)N4)no2)ccc1NCC(O)(F)F. The van der Waals surface area contributed by atoms with E-state index in [1.807, 2.05) is 12.1 Å². The van der Waals surface area contributed by atoms with Crippen LogP contribution in [0, 0.1) is 11.3 Å². The van der Waals surface area contributed by atoms with E-state index in [9.17, 15) is 18.8 Å². The molecule has 4 rings (SSSR count). The Balaban J connectivity index is 1.58. The monoisotopic (exact) mass is 411 g/mol. The van der Waals surface area contributed by atoms with Gasteiger partial charge in [0, 0.05) is 23.2 Å². The van der Waals surface area contributed by atoms with Gasteiger partial charge in [0.1, 0.15) is 12.6 Å². The highest BCUT2D eigenvalue weighted by Crippen LogP contribution is 2.30. The van der Waals surface area contributed by atoms with Gasteiger partial charge in [-0.15, -0.1) is 0 Å². The van der Waals surface area contributed by atoms with Crippen molar-refractivity contribution in [3.8, 4) is 28.9 Å². The average Bonchev–Trinajstić information content (AvgIpc) is 3.21. The molecule has 152 valence electrons. The number of aliphatic hydroxyl groups is 1. The summed E-state index contributed by atoms with van der Waals surface area (Å²) in [5.74, 6) is 0.475. The largest absolute Gasteiger partial charge is 0.376 e. The van der Waals surface area contributed by atoms with Crippen LogP contribution in [0.15, 0.2) is 40.9 Å². The molecule has 1 amide bonds. The van der Waals surface area contributed by atoms with Crippen LogP contribution >= 0.6 is 0 Å². The Bertz CT molecular complexity index is 1160. The molecule has 0 aliphatic carbocycles. The maximum Gasteiger partial charge on any atom is 0.370 e. The summed E-state index contributed by atoms with van der Waals surface area (Å²) in [5.41, 5.74) is 3.11. The number of hydrogen-bond donors (Lipinski definition) is 3. The van der Waals surface area contributed by atoms with Crippen LogP contribution < -0.4 is 10.6 Å². The lowest BCUT2D eigenvalue weighted by molar-refractivity contribution is -0.185. The smallest absolute Gasteiger partial charge is 0.370 e. The summed E-state index contributed by atoms with van der Waals surface area (Å²) < 4.78 is 30.6. The summed E-state index contributed by atoms with van der Waals surface area (Å²) in [6.45, 7) is -1.02. The lowest BCUT2D eigenvalue weighted by Crippen LogP contribution is -2.26. The maximum absolute atomic E-state index is 12.6. The van der Waals surface area contributed by atoms with Gasteiger partial charge < -0.3 is 20.3 Å². The van der Waals surface area contributed by atoms with Crippen molar-refractivity contribution < 1.29 is 23.2 Å². The first-order valence-corrected chi connectivity index (χ1v) is 8.98. The lowest BCUT2D eigenvalue weighted by atomic mass is 10.0. The molecular formula is C20H15F2N5O3. The number of halogens is 2. The van der Waals surface area contributed by atoms with Crippen molar-refractivity contribution in [3.05, 3.63) is 47.5 Å². The Labute approximate surface area is 169 Å². The molecule has 1 aliphatic rings. The van der Waals surface area contributed by atoms with Gasteiger partial charge in [-0.2, -0.15) is 19.0 Å². The predicted octanol–water partition coefficient (Wildman–Crippen LogP) is 3.16. The molecule has 0 spiro atoms. The zero-order valence-electron chi connectivity index (χ0n) is 15.4. The first kappa shape index (κ1) is 19.5. The minimum Gasteiger partial charge on any atom is -0.376 e. The van der Waals surface area contributed by atoms with Crippen molar-refractivity contribution >= 4 is 17.3 Å². The van der Waals surface area contributed by atoms with Crippen LogP contribution in [-0.2, 0) is 11.2 Å². The van der Waals surface area contributed by atoms with Crippen molar-refractivity contribution in [2.75, 3.05) is 17.2 Å². The van der Waals surface area contributed by atoms with E-state index < -0.39 is 12.7 Å². The van der Waals surface area contributed by atoms with Gasteiger partial charge in [0.05, 0.1) is 11.3 Å². The predicted molar refractivity (Wildman–Crippen MR) is 102 cm³/mol. The number of carbonyl (C=O) groups is 1. The second-order valence-electron chi connectivity index (χ2n) is 6.73. The Kier molecular flexibility index (Phi) is 4.89. The van der Waals surface area contributed by atoms with E-state index in [1.165, 1.54) is 12.1 Å². The minimum atomic E-state index is -3.90. The molecule has 3 aromatic rings. The molecule has 0 unspecified atom stereocenters. The molecule has 0 bridgehead atoms. The Morgan fingerprint density at radius 1 is 1.23 bits per heavy atom. The highest BCUT2D eigenvalue weighted by atomic mass is 19.3. The molecule has 1 aliphatic heterocycles. The van der Waals surface area contributed by atoms with Gasteiger partial charge >= 0.3 is 6.11 Å². The van der Waals surface area contributed by atoms with Gasteiger partial charge in [0.15, 0.2) is 0 Å². The van der Waals surface area contributed by atoms with Crippen LogP contribution in [0.5, 0.6) is 0 Å². The average molecular weight is 411 g/mol. The molecule has 30 heavy (non-hydrogen) atoms. The lowest BCUT2D eigenvalue weighted by Gasteiger charge is -2.16. The number of aryl methyl sites for hydroxylation is 1. The standard InChI is InChI=1S/C20H15F2N5O3/c21-20(22,29)10-24-15-4-2-13(8-14(15)9-23)19-26-18(27-30-19)12-1-5-16-11(7-12)3-6-17(28)25-16/h1-2,4-5,7-8,24,29H,3,6,10H2,(H,25,28). The molecular weight excluding hydrogens is 396 g/mol. The van der Waals surface area contributed by atoms with Gasteiger partial charge in [-0.3, -0.25) is 4.79 Å². The van der Waals surface area contributed by atoms with Crippen LogP contribution in [0.1, 0.15) is 17.5 Å². The zero-order valence-corrected chi connectivity index (χ0v) is 15.4. The number of hydrogen-bond acceptors (Lipinski definition) is 7. The van der Waals surface area contributed by atoms with Gasteiger partial charge in [0.2, 0.25) is 11.7 Å². The van der Waals surface area contributed by atoms with E-state index >= 15 is 0 Å². The van der Waals surface area contributed by atoms with Crippen molar-refractivity contribution in [3.63, 3.8) is 0 Å². The topological polar surface area (TPSA) is 124 Å². The number of aromatic nitrogens is 2. The van der Waals surface area contributed by atoms with Crippen molar-refractivity contribution in [1.82, 2.24) is 10.1 Å². The second-order valence-corrected chi connectivity index (χ2v) is 6.73. The Morgan fingerprint density at radius 3 is 2.80 bits per heavy atom. The molecule has 1 aromatic heterocycles. The number of alkyl halides is 2. The van der Waals surface area contributed by atoms with E-state index in [0.717, 1.165) is 11.3 Å². The number of amides is 1. The molecule has 10 heteroatoms. The van der Waals surface area contributed by atoms with E-state index in [-0.39, 0.29) is 23.0 Å². The molecule has 2 aromatic carbocycles. The van der Waals surface area contributed by atoms with E-state index in [4.69, 9.17) is 9.63 Å². The number of nitrogens with one attached hydrogen (secondary N) is 2. The van der Waals surface area contributed by atoms with Crippen molar-refractivity contribution in [2.45, 2.75) is 19.0 Å². The van der Waals surface area contributed by atoms with Gasteiger partial charge in [-0.25, -0.2) is 0 Å². The third kappa shape index (κ3) is 4.11. The number of anilines is 2. The van der Waals surface area contributed by atoms with E-state index in [2.05, 4.69) is 20.8 Å². The van der Waals surface area contributed by atoms with Crippen LogP contribution in [0.3, 0.4) is 0 Å². The Morgan fingerprint density at radius 2 is 2.03 bits per heavy atom. The summed E-state index contributed by atoms with van der Waals surface area (Å²) >= 11 is 0. The summed E-state index contributed by atoms with van der Waals surface area (Å²) in [6.07, 6.45) is -2.87. The molecule has 0 saturated heterocycles. The number of carbonyl (C=O) groups excluding carboxylic acids is 1. The van der Waals surface area contributed by atoms with Crippen LogP contribution in [0.4, 0.5) is 20.2 Å². The first-order valence-electron chi connectivity index (χ1n) is 8.98. The fourth-order valence-corrected chi connectivity index (χ4v) is 3.11. The van der Waals surface area contributed by atoms with Crippen molar-refractivity contribution in [1.29, 1.82) is 5.26 Å². The number of nitriles is 1. The van der Waals surface area contributed by atoms with Crippen LogP contribution in [0.25, 0.3) is 22.8 Å². The molecule has 0 atom stereocenters. The molecule has 2 heterocycles. The van der Waals surface area contributed by atoms with Crippen LogP contribution in [-0.4, -0.2) is 33.8 Å². The first-order chi connectivity index (χ1) is 14.3. The number of nitrogens with zero attached hydrogens (tertiary/aromatic N) is 3. The number of rotatable bonds is 5. The highest BCUT2D eigenvalue weighted by molar-refractivity contribution is 5.94. The fraction of sp³-hybridized carbons (Fsp3) is 0.200. The molecule has 8 nitrogen and oxygen atoms in total. The summed E-state index contributed by atoms with van der Waals surface area (Å²) in [4.78, 5) is 15.8. The molecule has 3 N–H and O–H groups in total. The molecule has 0 saturated carbocycles. The van der Waals surface area contributed by atoms with E-state index in [0.29, 0.717) is 29.8 Å². The van der Waals surface area contributed by atoms with Gasteiger partial charge in [0.25, 0.3) is 5.89 Å². The summed E-state index contributed by atoms with van der Waals surface area (Å²) in [7, 11) is 0. The third-order valence-electron chi connectivity index (χ3n) is 4.56. The van der Waals surface area contributed by atoms with Crippen LogP contribution in [0.2, 0.25) is 0 Å². The second kappa shape index (κ2) is 7.53. The van der Waals surface area contributed by atoms with E-state index in [1.54, 1.807) is 18.2 Å². The van der Waals surface area contributed by atoms with Gasteiger partial charge in [-0.05, 0) is 48.4 Å². The fourth-order valence-electron chi connectivity index (χ4n) is 3.11. The zero-order chi connectivity index (χ0) is 21.3. The summed E-state index contributed by atoms with van der Waals surface area (Å²) in [5, 5.41) is 26.9. The summed E-state index contributed by atoms with van der Waals surface area (Å²) in [6, 6.07) is 11.7. The van der Waals surface area contributed by atoms with Gasteiger partial charge in [-0.1, -0.05) is 5.16 Å². The molecule has 0 fully saturated rings. The Hall–Kier alpha value is -3.84.